The van der Waals surface area contributed by atoms with E-state index in [-0.39, 0.29) is 0 Å². The Bertz CT molecular complexity index is 1260. The first kappa shape index (κ1) is 28.4. The number of hydrogen-bond donors (Lipinski definition) is 0. The number of aryl methyl sites for hydroxylation is 1. The van der Waals surface area contributed by atoms with Crippen LogP contribution in [0.15, 0.2) is 54.9 Å². The van der Waals surface area contributed by atoms with Crippen LogP contribution in [0, 0.1) is 6.92 Å². The topological polar surface area (TPSA) is 114 Å². The third-order valence-corrected chi connectivity index (χ3v) is 6.52. The van der Waals surface area contributed by atoms with E-state index in [9.17, 15) is 9.59 Å². The summed E-state index contributed by atoms with van der Waals surface area (Å²) in [6.45, 7) is 7.35. The SMILES string of the molecule is CCO[C@@H]1[C@@H](OC)[C@H](C)O[C@@H](OC(=O)N(C(C)=O)c2ccc(-c3ncn(-c4ccc(C)cc4)n3)cc2)[C@@H]1OC. The van der Waals surface area contributed by atoms with E-state index in [2.05, 4.69) is 10.1 Å². The van der Waals surface area contributed by atoms with Gasteiger partial charge in [-0.3, -0.25) is 4.79 Å². The molecule has 39 heavy (non-hydrogen) atoms. The maximum Gasteiger partial charge on any atom is 0.423 e. The molecule has 3 aromatic rings. The van der Waals surface area contributed by atoms with Crippen LogP contribution in [-0.2, 0) is 28.5 Å². The summed E-state index contributed by atoms with van der Waals surface area (Å²) < 4.78 is 30.2. The lowest BCUT2D eigenvalue weighted by atomic mass is 9.99. The second-order valence-corrected chi connectivity index (χ2v) is 9.16. The van der Waals surface area contributed by atoms with Gasteiger partial charge in [-0.15, -0.1) is 5.10 Å². The molecule has 1 saturated heterocycles. The summed E-state index contributed by atoms with van der Waals surface area (Å²) in [5.41, 5.74) is 3.08. The van der Waals surface area contributed by atoms with Crippen molar-refractivity contribution in [3.8, 4) is 17.1 Å². The zero-order valence-corrected chi connectivity index (χ0v) is 22.9. The van der Waals surface area contributed by atoms with Crippen LogP contribution in [0.3, 0.4) is 0 Å². The van der Waals surface area contributed by atoms with Crippen molar-refractivity contribution in [1.82, 2.24) is 14.8 Å². The minimum Gasteiger partial charge on any atom is -0.416 e. The lowest BCUT2D eigenvalue weighted by molar-refractivity contribution is -0.292. The molecule has 11 nitrogen and oxygen atoms in total. The molecule has 2 aromatic carbocycles. The van der Waals surface area contributed by atoms with Crippen molar-refractivity contribution in [2.45, 2.75) is 58.4 Å². The fraction of sp³-hybridized carbons (Fsp3) is 0.429. The maximum atomic E-state index is 13.2. The normalized spacial score (nSPS) is 22.9. The van der Waals surface area contributed by atoms with Crippen LogP contribution in [0.4, 0.5) is 10.5 Å². The predicted octanol–water partition coefficient (Wildman–Crippen LogP) is 3.91. The second-order valence-electron chi connectivity index (χ2n) is 9.16. The predicted molar refractivity (Wildman–Crippen MR) is 143 cm³/mol. The molecule has 0 aliphatic carbocycles. The molecule has 2 amide bonds. The second kappa shape index (κ2) is 12.5. The van der Waals surface area contributed by atoms with E-state index in [1.54, 1.807) is 49.3 Å². The van der Waals surface area contributed by atoms with Gasteiger partial charge in [0.15, 0.2) is 5.82 Å². The molecule has 11 heteroatoms. The number of methoxy groups -OCH3 is 2. The molecular formula is C28H34N4O7. The summed E-state index contributed by atoms with van der Waals surface area (Å²) >= 11 is 0. The Morgan fingerprint density at radius 3 is 2.26 bits per heavy atom. The number of carbonyl (C=O) groups excluding carboxylic acids is 2. The standard InChI is InChI=1S/C28H34N4O7/c1-7-37-24-23(35-5)18(3)38-27(25(24)36-6)39-28(34)32(19(4)33)22-14-10-20(11-15-22)26-29-16-31(30-26)21-12-8-17(2)9-13-21/h8-16,18,23-25,27H,7H2,1-6H3/t18-,23-,24+,25+,27-/m0/s1. The quantitative estimate of drug-likeness (QED) is 0.421. The third kappa shape index (κ3) is 6.17. The van der Waals surface area contributed by atoms with Gasteiger partial charge in [-0.25, -0.2) is 19.4 Å². The number of imide groups is 1. The number of amides is 2. The van der Waals surface area contributed by atoms with Crippen molar-refractivity contribution in [3.63, 3.8) is 0 Å². The summed E-state index contributed by atoms with van der Waals surface area (Å²) in [5.74, 6) is -0.0234. The zero-order valence-electron chi connectivity index (χ0n) is 22.9. The van der Waals surface area contributed by atoms with Gasteiger partial charge in [0.05, 0.1) is 17.5 Å². The number of ether oxygens (including phenoxy) is 5. The third-order valence-electron chi connectivity index (χ3n) is 6.52. The van der Waals surface area contributed by atoms with Gasteiger partial charge in [0.25, 0.3) is 0 Å². The van der Waals surface area contributed by atoms with Crippen LogP contribution in [-0.4, -0.2) is 78.3 Å². The number of nitrogens with zero attached hydrogens (tertiary/aromatic N) is 4. The first-order chi connectivity index (χ1) is 18.8. The van der Waals surface area contributed by atoms with Gasteiger partial charge in [0.1, 0.15) is 24.6 Å². The minimum atomic E-state index is -1.11. The molecular weight excluding hydrogens is 504 g/mol. The number of aromatic nitrogens is 3. The first-order valence-corrected chi connectivity index (χ1v) is 12.7. The number of carbonyl (C=O) groups is 2. The van der Waals surface area contributed by atoms with Crippen LogP contribution >= 0.6 is 0 Å². The summed E-state index contributed by atoms with van der Waals surface area (Å²) in [5, 5.41) is 4.54. The lowest BCUT2D eigenvalue weighted by Gasteiger charge is -2.43. The molecule has 0 bridgehead atoms. The van der Waals surface area contributed by atoms with E-state index in [0.717, 1.165) is 21.7 Å². The van der Waals surface area contributed by atoms with Crippen LogP contribution in [0.1, 0.15) is 26.3 Å². The highest BCUT2D eigenvalue weighted by atomic mass is 16.7. The van der Waals surface area contributed by atoms with Gasteiger partial charge in [-0.1, -0.05) is 17.7 Å². The molecule has 2 heterocycles. The number of hydrogen-bond acceptors (Lipinski definition) is 9. The Balaban J connectivity index is 1.51. The van der Waals surface area contributed by atoms with Crippen molar-refractivity contribution in [3.05, 3.63) is 60.4 Å². The molecule has 208 valence electrons. The van der Waals surface area contributed by atoms with Crippen LogP contribution in [0.2, 0.25) is 0 Å². The molecule has 1 aliphatic heterocycles. The molecule has 1 aliphatic rings. The first-order valence-electron chi connectivity index (χ1n) is 12.7. The molecule has 4 rings (SSSR count). The summed E-state index contributed by atoms with van der Waals surface area (Å²) in [6.07, 6.45) is -2.56. The Morgan fingerprint density at radius 2 is 1.67 bits per heavy atom. The average molecular weight is 539 g/mol. The molecule has 1 aromatic heterocycles. The molecule has 0 N–H and O–H groups in total. The van der Waals surface area contributed by atoms with Gasteiger partial charge in [0, 0.05) is 33.3 Å². The Morgan fingerprint density at radius 1 is 1.00 bits per heavy atom. The zero-order chi connectivity index (χ0) is 28.1. The van der Waals surface area contributed by atoms with E-state index in [1.165, 1.54) is 14.0 Å². The monoisotopic (exact) mass is 538 g/mol. The number of benzene rings is 2. The lowest BCUT2D eigenvalue weighted by Crippen LogP contribution is -2.60. The molecule has 0 radical (unpaired) electrons. The maximum absolute atomic E-state index is 13.2. The Hall–Kier alpha value is -3.64. The van der Waals surface area contributed by atoms with Crippen molar-refractivity contribution in [2.75, 3.05) is 25.7 Å². The van der Waals surface area contributed by atoms with Gasteiger partial charge < -0.3 is 23.7 Å². The molecule has 5 atom stereocenters. The van der Waals surface area contributed by atoms with E-state index in [4.69, 9.17) is 23.7 Å². The highest BCUT2D eigenvalue weighted by molar-refractivity contribution is 6.11. The number of rotatable bonds is 8. The Kier molecular flexibility index (Phi) is 9.08. The largest absolute Gasteiger partial charge is 0.423 e. The van der Waals surface area contributed by atoms with Gasteiger partial charge in [-0.05, 0) is 57.2 Å². The average Bonchev–Trinajstić information content (AvgIpc) is 3.40. The van der Waals surface area contributed by atoms with Crippen LogP contribution < -0.4 is 4.90 Å². The highest BCUT2D eigenvalue weighted by Crippen LogP contribution is 2.29. The van der Waals surface area contributed by atoms with Crippen molar-refractivity contribution >= 4 is 17.7 Å². The molecule has 0 saturated carbocycles. The van der Waals surface area contributed by atoms with Crippen LogP contribution in [0.5, 0.6) is 0 Å². The van der Waals surface area contributed by atoms with Crippen molar-refractivity contribution < 1.29 is 33.3 Å². The minimum absolute atomic E-state index is 0.322. The van der Waals surface area contributed by atoms with E-state index in [1.807, 2.05) is 38.1 Å². The molecule has 0 unspecified atom stereocenters. The van der Waals surface area contributed by atoms with Gasteiger partial charge >= 0.3 is 6.09 Å². The summed E-state index contributed by atoms with van der Waals surface area (Å²) in [4.78, 5) is 31.1. The summed E-state index contributed by atoms with van der Waals surface area (Å²) in [7, 11) is 3.03. The van der Waals surface area contributed by atoms with Crippen LogP contribution in [0.25, 0.3) is 17.1 Å². The Labute approximate surface area is 227 Å². The van der Waals surface area contributed by atoms with Crippen molar-refractivity contribution in [1.29, 1.82) is 0 Å². The fourth-order valence-corrected chi connectivity index (χ4v) is 4.57. The molecule has 0 spiro atoms. The summed E-state index contributed by atoms with van der Waals surface area (Å²) in [6, 6.07) is 14.7. The van der Waals surface area contributed by atoms with Crippen molar-refractivity contribution in [2.24, 2.45) is 0 Å². The van der Waals surface area contributed by atoms with Gasteiger partial charge in [-0.2, -0.15) is 0 Å². The van der Waals surface area contributed by atoms with E-state index < -0.39 is 42.7 Å². The highest BCUT2D eigenvalue weighted by Gasteiger charge is 2.48. The van der Waals surface area contributed by atoms with E-state index in [0.29, 0.717) is 18.1 Å². The fourth-order valence-electron chi connectivity index (χ4n) is 4.57. The van der Waals surface area contributed by atoms with E-state index >= 15 is 0 Å². The molecule has 1 fully saturated rings. The van der Waals surface area contributed by atoms with Gasteiger partial charge in [0.2, 0.25) is 12.2 Å². The smallest absolute Gasteiger partial charge is 0.416 e. The number of anilines is 1.